The van der Waals surface area contributed by atoms with Crippen LogP contribution in [0.1, 0.15) is 0 Å². The average Bonchev–Trinajstić information content (AvgIpc) is 0. The maximum absolute atomic E-state index is 0. The molecule has 12 valence electrons. The Hall–Kier alpha value is 4.65. The molecule has 0 amide bonds. The van der Waals surface area contributed by atoms with E-state index in [0.29, 0.717) is 0 Å². The minimum absolute atomic E-state index is 0. The largest absolute Gasteiger partial charge is 0 e. The summed E-state index contributed by atoms with van der Waals surface area (Å²) < 4.78 is 0. The predicted molar refractivity (Wildman–Crippen MR) is 11.5 cm³/mol. The smallest absolute Gasteiger partial charge is 0 e. The first kappa shape index (κ1) is 23.4. The van der Waals surface area contributed by atoms with Crippen molar-refractivity contribution in [2.75, 3.05) is 0 Å². The third-order valence-corrected chi connectivity index (χ3v) is 0. The third kappa shape index (κ3) is 9.82. The minimum Gasteiger partial charge on any atom is 0 e. The molecule has 0 heterocycles. The van der Waals surface area contributed by atoms with E-state index in [1.165, 1.54) is 0 Å². The molecule has 0 aromatic heterocycles. The Balaban J connectivity index is 0. The number of rotatable bonds is 0. The van der Waals surface area contributed by atoms with E-state index in [4.69, 9.17) is 0 Å². The number of hydrogen-bond acceptors (Lipinski definition) is 0. The van der Waals surface area contributed by atoms with Crippen LogP contribution in [0.15, 0.2) is 0 Å². The van der Waals surface area contributed by atoms with Crippen LogP contribution in [-0.2, 0) is 47.9 Å². The SMILES string of the molecule is [Ba].[Sr].[Ti].[Zr]. The van der Waals surface area contributed by atoms with Crippen LogP contribution in [0.25, 0.3) is 0 Å². The van der Waals surface area contributed by atoms with Gasteiger partial charge in [-0.2, -0.15) is 0 Å². The fourth-order valence-electron chi connectivity index (χ4n) is 0. The van der Waals surface area contributed by atoms with Gasteiger partial charge in [-0.25, -0.2) is 0 Å². The first-order chi connectivity index (χ1) is 0. The first-order valence-corrected chi connectivity index (χ1v) is 0. The van der Waals surface area contributed by atoms with E-state index in [1.54, 1.807) is 0 Å². The van der Waals surface area contributed by atoms with Gasteiger partial charge >= 0.3 is 0 Å². The summed E-state index contributed by atoms with van der Waals surface area (Å²) in [6, 6.07) is 0. The van der Waals surface area contributed by atoms with Crippen LogP contribution in [0.4, 0.5) is 0 Å². The third-order valence-electron chi connectivity index (χ3n) is 0. The maximum atomic E-state index is 0. The van der Waals surface area contributed by atoms with Gasteiger partial charge in [0.1, 0.15) is 0 Å². The van der Waals surface area contributed by atoms with Gasteiger partial charge in [0, 0.05) is 142 Å². The summed E-state index contributed by atoms with van der Waals surface area (Å²) in [5.74, 6) is 0. The Labute approximate surface area is 138 Å². The van der Waals surface area contributed by atoms with Crippen molar-refractivity contribution in [2.45, 2.75) is 0 Å². The topological polar surface area (TPSA) is 0 Å². The molecule has 0 saturated carbocycles. The molecular weight excluding hydrogens is 364 g/mol. The molecule has 0 aromatic rings. The van der Waals surface area contributed by atoms with E-state index in [-0.39, 0.29) is 142 Å². The Bertz CT molecular complexity index is 8.00. The second-order valence-electron chi connectivity index (χ2n) is 0. The van der Waals surface area contributed by atoms with Crippen LogP contribution in [0.3, 0.4) is 0 Å². The van der Waals surface area contributed by atoms with E-state index in [9.17, 15) is 0 Å². The Morgan fingerprint density at radius 1 is 1.00 bits per heavy atom. The van der Waals surface area contributed by atoms with Crippen LogP contribution in [0.2, 0.25) is 0 Å². The second-order valence-corrected chi connectivity index (χ2v) is 0. The van der Waals surface area contributed by atoms with E-state index in [2.05, 4.69) is 0 Å². The summed E-state index contributed by atoms with van der Waals surface area (Å²) in [4.78, 5) is 0. The molecule has 0 unspecified atom stereocenters. The molecule has 0 spiro atoms. The first-order valence-electron chi connectivity index (χ1n) is 0. The van der Waals surface area contributed by atoms with Crippen LogP contribution < -0.4 is 0 Å². The zero-order valence-electron chi connectivity index (χ0n) is 2.41. The molecule has 4 radical (unpaired) electrons. The van der Waals surface area contributed by atoms with E-state index in [0.717, 1.165) is 0 Å². The van der Waals surface area contributed by atoms with Crippen molar-refractivity contribution in [2.24, 2.45) is 0 Å². The van der Waals surface area contributed by atoms with Crippen LogP contribution in [0, 0.1) is 0 Å². The molecule has 0 rings (SSSR count). The standard InChI is InChI=1S/Ba.Sr.Ti.Zr. The van der Waals surface area contributed by atoms with Crippen LogP contribution in [0.5, 0.6) is 0 Å². The van der Waals surface area contributed by atoms with Gasteiger partial charge in [0.05, 0.1) is 0 Å². The van der Waals surface area contributed by atoms with Gasteiger partial charge in [-0.1, -0.05) is 0 Å². The van der Waals surface area contributed by atoms with E-state index >= 15 is 0 Å². The van der Waals surface area contributed by atoms with Gasteiger partial charge in [0.25, 0.3) is 0 Å². The van der Waals surface area contributed by atoms with Crippen LogP contribution >= 0.6 is 0 Å². The molecule has 0 atom stereocenters. The van der Waals surface area contributed by atoms with Crippen molar-refractivity contribution in [1.82, 2.24) is 0 Å². The van der Waals surface area contributed by atoms with Crippen LogP contribution in [-0.4, -0.2) is 94.4 Å². The number of hydrogen-bond donors (Lipinski definition) is 0. The van der Waals surface area contributed by atoms with Gasteiger partial charge < -0.3 is 0 Å². The van der Waals surface area contributed by atoms with Crippen molar-refractivity contribution >= 4 is 94.4 Å². The van der Waals surface area contributed by atoms with Gasteiger partial charge in [0.15, 0.2) is 0 Å². The molecule has 4 heavy (non-hydrogen) atoms. The van der Waals surface area contributed by atoms with Gasteiger partial charge in [-0.3, -0.25) is 0 Å². The molecule has 0 aliphatic heterocycles. The van der Waals surface area contributed by atoms with Crippen molar-refractivity contribution < 1.29 is 47.9 Å². The van der Waals surface area contributed by atoms with E-state index < -0.39 is 0 Å². The van der Waals surface area contributed by atoms with Gasteiger partial charge in [0.2, 0.25) is 0 Å². The molecule has 0 N–H and O–H groups in total. The summed E-state index contributed by atoms with van der Waals surface area (Å²) in [7, 11) is 0. The fraction of sp³-hybridized carbons (Fsp3) is 0. The zero-order chi connectivity index (χ0) is 0. The van der Waals surface area contributed by atoms with Gasteiger partial charge in [-0.15, -0.1) is 0 Å². The summed E-state index contributed by atoms with van der Waals surface area (Å²) in [5, 5.41) is 0. The van der Waals surface area contributed by atoms with E-state index in [1.807, 2.05) is 0 Å². The molecule has 0 fully saturated rings. The van der Waals surface area contributed by atoms with Gasteiger partial charge in [-0.05, 0) is 0 Å². The Morgan fingerprint density at radius 3 is 1.00 bits per heavy atom. The summed E-state index contributed by atoms with van der Waals surface area (Å²) in [6.45, 7) is 0. The molecule has 0 aromatic carbocycles. The molecule has 0 aliphatic carbocycles. The molecule has 0 aliphatic rings. The summed E-state index contributed by atoms with van der Waals surface area (Å²) in [6.07, 6.45) is 0. The maximum Gasteiger partial charge on any atom is 0 e. The van der Waals surface area contributed by atoms with Crippen molar-refractivity contribution in [3.63, 3.8) is 0 Å². The zero-order valence-corrected chi connectivity index (χ0v) is 14.4. The molecular formula is BaSrTiZr. The fourth-order valence-corrected chi connectivity index (χ4v) is 0. The molecule has 4 heteroatoms. The van der Waals surface area contributed by atoms with Crippen molar-refractivity contribution in [3.8, 4) is 0 Å². The molecule has 0 bridgehead atoms. The van der Waals surface area contributed by atoms with Crippen molar-refractivity contribution in [3.05, 3.63) is 0 Å². The molecule has 0 nitrogen and oxygen atoms in total. The second kappa shape index (κ2) is 15.6. The quantitative estimate of drug-likeness (QED) is 0.496. The monoisotopic (exact) mass is 364 g/mol. The molecule has 0 saturated heterocycles. The average molecular weight is 364 g/mol. The Morgan fingerprint density at radius 2 is 1.00 bits per heavy atom. The summed E-state index contributed by atoms with van der Waals surface area (Å²) >= 11 is 0. The predicted octanol–water partition coefficient (Wildman–Crippen LogP) is -0.767. The van der Waals surface area contributed by atoms with Crippen molar-refractivity contribution in [1.29, 1.82) is 0 Å². The minimum atomic E-state index is 0. The summed E-state index contributed by atoms with van der Waals surface area (Å²) in [5.41, 5.74) is 0. The Kier molecular flexibility index (Phi) is 91.6. The normalized spacial score (nSPS) is 0.